The number of amides is 2. The van der Waals surface area contributed by atoms with Gasteiger partial charge in [0.15, 0.2) is 5.76 Å². The lowest BCUT2D eigenvalue weighted by Gasteiger charge is -2.24. The Morgan fingerprint density at radius 3 is 2.28 bits per heavy atom. The SMILES string of the molecule is C/C(=C/O)C(=O)N(C)CCN(CCC(=O)O)C(=O)c1ccco1.CC/C=C(\C)N. The lowest BCUT2D eigenvalue weighted by atomic mass is 10.3. The number of carboxylic acids is 1. The summed E-state index contributed by atoms with van der Waals surface area (Å²) in [7, 11) is 1.53. The van der Waals surface area contributed by atoms with Crippen LogP contribution in [0.15, 0.2) is 46.4 Å². The zero-order valence-corrected chi connectivity index (χ0v) is 17.4. The summed E-state index contributed by atoms with van der Waals surface area (Å²) in [6.07, 6.45) is 4.89. The van der Waals surface area contributed by atoms with E-state index in [1.54, 1.807) is 6.07 Å². The molecule has 1 aromatic rings. The van der Waals surface area contributed by atoms with Crippen LogP contribution in [0.1, 0.15) is 44.2 Å². The van der Waals surface area contributed by atoms with Crippen LogP contribution in [0.5, 0.6) is 0 Å². The van der Waals surface area contributed by atoms with Gasteiger partial charge in [0.05, 0.1) is 18.9 Å². The van der Waals surface area contributed by atoms with Crippen LogP contribution in [0, 0.1) is 0 Å². The van der Waals surface area contributed by atoms with Crippen LogP contribution in [0.25, 0.3) is 0 Å². The molecule has 0 bridgehead atoms. The second kappa shape index (κ2) is 13.9. The Hall–Kier alpha value is -3.23. The third-order valence-electron chi connectivity index (χ3n) is 3.72. The first-order chi connectivity index (χ1) is 13.6. The minimum Gasteiger partial charge on any atom is -0.515 e. The molecule has 162 valence electrons. The fourth-order valence-electron chi connectivity index (χ4n) is 2.15. The van der Waals surface area contributed by atoms with Gasteiger partial charge in [-0.05, 0) is 32.4 Å². The molecule has 0 unspecified atom stereocenters. The molecular formula is C20H31N3O6. The Morgan fingerprint density at radius 2 is 1.86 bits per heavy atom. The lowest BCUT2D eigenvalue weighted by Crippen LogP contribution is -2.40. The van der Waals surface area contributed by atoms with Gasteiger partial charge in [-0.3, -0.25) is 14.4 Å². The number of aliphatic hydroxyl groups is 1. The van der Waals surface area contributed by atoms with Crippen molar-refractivity contribution in [1.29, 1.82) is 0 Å². The number of likely N-dealkylation sites (N-methyl/N-ethyl adjacent to an activating group) is 1. The Labute approximate surface area is 171 Å². The van der Waals surface area contributed by atoms with Crippen LogP contribution >= 0.6 is 0 Å². The maximum absolute atomic E-state index is 12.3. The molecule has 1 aromatic heterocycles. The third kappa shape index (κ3) is 10.6. The van der Waals surface area contributed by atoms with Crippen LogP contribution in [0.4, 0.5) is 0 Å². The number of rotatable bonds is 9. The molecule has 0 aromatic carbocycles. The van der Waals surface area contributed by atoms with Crippen molar-refractivity contribution in [1.82, 2.24) is 9.80 Å². The normalized spacial score (nSPS) is 11.3. The molecule has 0 saturated carbocycles. The molecule has 9 heteroatoms. The monoisotopic (exact) mass is 409 g/mol. The van der Waals surface area contributed by atoms with E-state index in [1.165, 1.54) is 36.1 Å². The average Bonchev–Trinajstić information content (AvgIpc) is 3.21. The standard InChI is InChI=1S/C15H20N2O6.C5H11N/c1-11(10-18)14(21)16(2)7-8-17(6-5-13(19)20)15(22)12-4-3-9-23-12;1-3-4-5(2)6/h3-4,9-10,18H,5-8H2,1-2H3,(H,19,20);4H,3,6H2,1-2H3/b11-10-;5-4+. The summed E-state index contributed by atoms with van der Waals surface area (Å²) < 4.78 is 5.03. The highest BCUT2D eigenvalue weighted by atomic mass is 16.4. The molecule has 0 fully saturated rings. The zero-order valence-electron chi connectivity index (χ0n) is 17.4. The maximum atomic E-state index is 12.3. The summed E-state index contributed by atoms with van der Waals surface area (Å²) in [5.41, 5.74) is 6.35. The van der Waals surface area contributed by atoms with Gasteiger partial charge in [-0.15, -0.1) is 0 Å². The smallest absolute Gasteiger partial charge is 0.305 e. The Kier molecular flexibility index (Phi) is 12.3. The predicted octanol–water partition coefficient (Wildman–Crippen LogP) is 2.38. The van der Waals surface area contributed by atoms with Crippen LogP contribution < -0.4 is 5.73 Å². The Morgan fingerprint density at radius 1 is 1.21 bits per heavy atom. The second-order valence-corrected chi connectivity index (χ2v) is 6.31. The fraction of sp³-hybridized carbons (Fsp3) is 0.450. The largest absolute Gasteiger partial charge is 0.515 e. The van der Waals surface area contributed by atoms with Gasteiger partial charge in [0.25, 0.3) is 11.8 Å². The first-order valence-corrected chi connectivity index (χ1v) is 9.17. The van der Waals surface area contributed by atoms with Crippen molar-refractivity contribution < 1.29 is 29.0 Å². The number of allylic oxidation sites excluding steroid dienone is 2. The van der Waals surface area contributed by atoms with Gasteiger partial charge < -0.3 is 30.2 Å². The lowest BCUT2D eigenvalue weighted by molar-refractivity contribution is -0.137. The van der Waals surface area contributed by atoms with Gasteiger partial charge in [-0.25, -0.2) is 0 Å². The predicted molar refractivity (Wildman–Crippen MR) is 109 cm³/mol. The summed E-state index contributed by atoms with van der Waals surface area (Å²) >= 11 is 0. The van der Waals surface area contributed by atoms with E-state index in [4.69, 9.17) is 20.4 Å². The molecule has 0 saturated heterocycles. The number of carbonyl (C=O) groups excluding carboxylic acids is 2. The van der Waals surface area contributed by atoms with Crippen molar-refractivity contribution in [2.24, 2.45) is 5.73 Å². The Balaban J connectivity index is 0.00000113. The van der Waals surface area contributed by atoms with Crippen molar-refractivity contribution in [2.75, 3.05) is 26.7 Å². The summed E-state index contributed by atoms with van der Waals surface area (Å²) in [4.78, 5) is 37.5. The van der Waals surface area contributed by atoms with Crippen molar-refractivity contribution in [3.05, 3.63) is 47.8 Å². The van der Waals surface area contributed by atoms with E-state index in [1.807, 2.05) is 13.0 Å². The van der Waals surface area contributed by atoms with Crippen LogP contribution in [0.2, 0.25) is 0 Å². The number of aliphatic carboxylic acids is 1. The Bertz CT molecular complexity index is 706. The minimum absolute atomic E-state index is 0.00567. The van der Waals surface area contributed by atoms with Crippen LogP contribution in [-0.4, -0.2) is 64.5 Å². The van der Waals surface area contributed by atoms with E-state index < -0.39 is 11.9 Å². The van der Waals surface area contributed by atoms with Gasteiger partial charge in [-0.2, -0.15) is 0 Å². The van der Waals surface area contributed by atoms with Crippen molar-refractivity contribution in [3.63, 3.8) is 0 Å². The van der Waals surface area contributed by atoms with E-state index >= 15 is 0 Å². The maximum Gasteiger partial charge on any atom is 0.305 e. The summed E-state index contributed by atoms with van der Waals surface area (Å²) in [6, 6.07) is 3.05. The van der Waals surface area contributed by atoms with Crippen LogP contribution in [-0.2, 0) is 9.59 Å². The number of carboxylic acid groups (broad SMARTS) is 1. The van der Waals surface area contributed by atoms with Crippen LogP contribution in [0.3, 0.4) is 0 Å². The number of hydrogen-bond donors (Lipinski definition) is 3. The molecule has 0 atom stereocenters. The van der Waals surface area contributed by atoms with Crippen molar-refractivity contribution in [2.45, 2.75) is 33.6 Å². The molecule has 1 rings (SSSR count). The summed E-state index contributed by atoms with van der Waals surface area (Å²) in [5, 5.41) is 17.6. The molecule has 29 heavy (non-hydrogen) atoms. The van der Waals surface area contributed by atoms with E-state index in [2.05, 4.69) is 6.92 Å². The molecule has 2 amide bonds. The summed E-state index contributed by atoms with van der Waals surface area (Å²) in [5.74, 6) is -1.73. The van der Waals surface area contributed by atoms with Crippen molar-refractivity contribution >= 4 is 17.8 Å². The van der Waals surface area contributed by atoms with E-state index in [9.17, 15) is 14.4 Å². The molecular weight excluding hydrogens is 378 g/mol. The van der Waals surface area contributed by atoms with E-state index in [0.29, 0.717) is 0 Å². The number of furan rings is 1. The highest BCUT2D eigenvalue weighted by Crippen LogP contribution is 2.07. The molecule has 0 spiro atoms. The zero-order chi connectivity index (χ0) is 22.4. The van der Waals surface area contributed by atoms with Crippen molar-refractivity contribution in [3.8, 4) is 0 Å². The van der Waals surface area contributed by atoms with E-state index in [-0.39, 0.29) is 43.3 Å². The molecule has 0 radical (unpaired) electrons. The number of hydrogen-bond acceptors (Lipinski definition) is 6. The van der Waals surface area contributed by atoms with Gasteiger partial charge in [0.1, 0.15) is 0 Å². The molecule has 0 aliphatic carbocycles. The van der Waals surface area contributed by atoms with E-state index in [0.717, 1.165) is 18.4 Å². The number of aliphatic hydroxyl groups excluding tert-OH is 1. The topological polar surface area (TPSA) is 137 Å². The van der Waals surface area contributed by atoms with Gasteiger partial charge >= 0.3 is 5.97 Å². The number of nitrogens with two attached hydrogens (primary N) is 1. The average molecular weight is 409 g/mol. The molecule has 4 N–H and O–H groups in total. The van der Waals surface area contributed by atoms with Gasteiger partial charge in [0, 0.05) is 38.0 Å². The second-order valence-electron chi connectivity index (χ2n) is 6.31. The quantitative estimate of drug-likeness (QED) is 0.420. The molecule has 0 aliphatic heterocycles. The number of nitrogens with zero attached hydrogens (tertiary/aromatic N) is 2. The van der Waals surface area contributed by atoms with Gasteiger partial charge in [-0.1, -0.05) is 13.0 Å². The van der Waals surface area contributed by atoms with Gasteiger partial charge in [0.2, 0.25) is 0 Å². The first kappa shape index (κ1) is 25.8. The highest BCUT2D eigenvalue weighted by Gasteiger charge is 2.20. The number of carbonyl (C=O) groups is 3. The molecule has 0 aliphatic rings. The third-order valence-corrected chi connectivity index (χ3v) is 3.72. The fourth-order valence-corrected chi connectivity index (χ4v) is 2.15. The first-order valence-electron chi connectivity index (χ1n) is 9.17. The molecule has 1 heterocycles. The minimum atomic E-state index is -1.02. The molecule has 9 nitrogen and oxygen atoms in total. The highest BCUT2D eigenvalue weighted by molar-refractivity contribution is 5.93. The summed E-state index contributed by atoms with van der Waals surface area (Å²) in [6.45, 7) is 5.77.